The van der Waals surface area contributed by atoms with E-state index in [0.29, 0.717) is 5.02 Å². The van der Waals surface area contributed by atoms with Crippen molar-refractivity contribution >= 4 is 33.2 Å². The predicted octanol–water partition coefficient (Wildman–Crippen LogP) is 2.54. The Morgan fingerprint density at radius 2 is 2.30 bits per heavy atom. The van der Waals surface area contributed by atoms with Crippen molar-refractivity contribution in [3.63, 3.8) is 0 Å². The van der Waals surface area contributed by atoms with Gasteiger partial charge in [0, 0.05) is 19.4 Å². The van der Waals surface area contributed by atoms with Gasteiger partial charge < -0.3 is 5.32 Å². The molecular weight excluding hydrogens is 215 g/mol. The van der Waals surface area contributed by atoms with E-state index in [0.717, 1.165) is 10.2 Å². The maximum Gasteiger partial charge on any atom is 0.0832 e. The summed E-state index contributed by atoms with van der Waals surface area (Å²) in [7, 11) is 1.81. The second-order valence-electron chi connectivity index (χ2n) is 1.73. The van der Waals surface area contributed by atoms with Crippen LogP contribution in [0.4, 0.5) is 5.69 Å². The minimum absolute atomic E-state index is 0.622. The van der Waals surface area contributed by atoms with Gasteiger partial charge >= 0.3 is 0 Å². The number of nitrogens with zero attached hydrogens (tertiary/aromatic N) is 1. The lowest BCUT2D eigenvalue weighted by Crippen LogP contribution is -1.90. The topological polar surface area (TPSA) is 24.9 Å². The maximum absolute atomic E-state index is 5.77. The van der Waals surface area contributed by atoms with E-state index in [4.69, 9.17) is 11.6 Å². The minimum atomic E-state index is 0.622. The molecule has 0 saturated carbocycles. The third-order valence-corrected chi connectivity index (χ3v) is 1.99. The number of halogens is 2. The third kappa shape index (κ3) is 1.41. The second kappa shape index (κ2) is 3.21. The molecule has 54 valence electrons. The first-order chi connectivity index (χ1) is 4.75. The fourth-order valence-corrected chi connectivity index (χ4v) is 1.55. The molecule has 0 spiro atoms. The zero-order valence-corrected chi connectivity index (χ0v) is 7.70. The van der Waals surface area contributed by atoms with Gasteiger partial charge in [-0.15, -0.1) is 0 Å². The molecule has 1 heterocycles. The normalized spacial score (nSPS) is 9.50. The van der Waals surface area contributed by atoms with E-state index in [9.17, 15) is 0 Å². The highest BCUT2D eigenvalue weighted by molar-refractivity contribution is 9.10. The Hall–Kier alpha value is -0.280. The molecule has 0 saturated heterocycles. The Kier molecular flexibility index (Phi) is 2.51. The molecule has 0 fully saturated rings. The maximum atomic E-state index is 5.77. The van der Waals surface area contributed by atoms with E-state index in [1.165, 1.54) is 0 Å². The number of anilines is 1. The highest BCUT2D eigenvalue weighted by atomic mass is 79.9. The van der Waals surface area contributed by atoms with Crippen molar-refractivity contribution in [3.8, 4) is 0 Å². The van der Waals surface area contributed by atoms with Gasteiger partial charge in [-0.1, -0.05) is 11.6 Å². The molecule has 2 nitrogen and oxygen atoms in total. The van der Waals surface area contributed by atoms with Gasteiger partial charge in [0.2, 0.25) is 0 Å². The quantitative estimate of drug-likeness (QED) is 0.788. The number of hydrogen-bond donors (Lipinski definition) is 1. The highest BCUT2D eigenvalue weighted by Crippen LogP contribution is 2.27. The van der Waals surface area contributed by atoms with Crippen LogP contribution in [0.25, 0.3) is 0 Å². The SMILES string of the molecule is CNc1c(Cl)cncc1Br. The van der Waals surface area contributed by atoms with Crippen LogP contribution in [0.5, 0.6) is 0 Å². The highest BCUT2D eigenvalue weighted by Gasteiger charge is 2.00. The van der Waals surface area contributed by atoms with Gasteiger partial charge in [0.05, 0.1) is 15.2 Å². The smallest absolute Gasteiger partial charge is 0.0832 e. The van der Waals surface area contributed by atoms with Gasteiger partial charge in [0.25, 0.3) is 0 Å². The Morgan fingerprint density at radius 1 is 1.60 bits per heavy atom. The molecule has 0 atom stereocenters. The van der Waals surface area contributed by atoms with Crippen molar-refractivity contribution in [1.82, 2.24) is 4.98 Å². The fraction of sp³-hybridized carbons (Fsp3) is 0.167. The summed E-state index contributed by atoms with van der Waals surface area (Å²) in [5, 5.41) is 3.57. The average Bonchev–Trinajstić information content (AvgIpc) is 1.88. The van der Waals surface area contributed by atoms with E-state index in [-0.39, 0.29) is 0 Å². The van der Waals surface area contributed by atoms with Gasteiger partial charge in [-0.05, 0) is 15.9 Å². The Morgan fingerprint density at radius 3 is 2.70 bits per heavy atom. The number of nitrogens with one attached hydrogen (secondary N) is 1. The van der Waals surface area contributed by atoms with Gasteiger partial charge in [0.15, 0.2) is 0 Å². The van der Waals surface area contributed by atoms with Gasteiger partial charge in [0.1, 0.15) is 0 Å². The number of pyridine rings is 1. The van der Waals surface area contributed by atoms with Crippen LogP contribution < -0.4 is 5.32 Å². The lowest BCUT2D eigenvalue weighted by molar-refractivity contribution is 1.30. The molecule has 10 heavy (non-hydrogen) atoms. The van der Waals surface area contributed by atoms with Gasteiger partial charge in [-0.3, -0.25) is 4.98 Å². The summed E-state index contributed by atoms with van der Waals surface area (Å²) >= 11 is 9.07. The first-order valence-electron chi connectivity index (χ1n) is 2.72. The molecule has 0 unspecified atom stereocenters. The molecular formula is C6H6BrClN2. The Labute approximate surface area is 72.7 Å². The minimum Gasteiger partial charge on any atom is -0.386 e. The zero-order chi connectivity index (χ0) is 7.56. The zero-order valence-electron chi connectivity index (χ0n) is 5.36. The number of aromatic nitrogens is 1. The van der Waals surface area contributed by atoms with Crippen molar-refractivity contribution in [3.05, 3.63) is 21.9 Å². The largest absolute Gasteiger partial charge is 0.386 e. The van der Waals surface area contributed by atoms with E-state index in [2.05, 4.69) is 26.2 Å². The van der Waals surface area contributed by atoms with E-state index >= 15 is 0 Å². The summed E-state index contributed by atoms with van der Waals surface area (Å²) in [6.07, 6.45) is 3.29. The average molecular weight is 221 g/mol. The van der Waals surface area contributed by atoms with Crippen LogP contribution in [0.15, 0.2) is 16.9 Å². The summed E-state index contributed by atoms with van der Waals surface area (Å²) in [6, 6.07) is 0. The lowest BCUT2D eigenvalue weighted by Gasteiger charge is -2.03. The molecule has 4 heteroatoms. The number of hydrogen-bond acceptors (Lipinski definition) is 2. The van der Waals surface area contributed by atoms with Crippen molar-refractivity contribution in [2.45, 2.75) is 0 Å². The summed E-state index contributed by atoms with van der Waals surface area (Å²) in [6.45, 7) is 0. The Balaban J connectivity index is 3.17. The number of rotatable bonds is 1. The van der Waals surface area contributed by atoms with Crippen LogP contribution in [-0.4, -0.2) is 12.0 Å². The van der Waals surface area contributed by atoms with E-state index in [1.54, 1.807) is 12.4 Å². The molecule has 0 aliphatic rings. The summed E-state index contributed by atoms with van der Waals surface area (Å²) in [4.78, 5) is 3.87. The van der Waals surface area contributed by atoms with Crippen molar-refractivity contribution < 1.29 is 0 Å². The molecule has 0 amide bonds. The van der Waals surface area contributed by atoms with Crippen LogP contribution in [-0.2, 0) is 0 Å². The van der Waals surface area contributed by atoms with Crippen LogP contribution >= 0.6 is 27.5 Å². The van der Waals surface area contributed by atoms with Crippen molar-refractivity contribution in [2.75, 3.05) is 12.4 Å². The monoisotopic (exact) mass is 220 g/mol. The van der Waals surface area contributed by atoms with Gasteiger partial charge in [-0.2, -0.15) is 0 Å². The second-order valence-corrected chi connectivity index (χ2v) is 2.99. The van der Waals surface area contributed by atoms with Crippen LogP contribution in [0, 0.1) is 0 Å². The van der Waals surface area contributed by atoms with Crippen LogP contribution in [0.2, 0.25) is 5.02 Å². The predicted molar refractivity (Wildman–Crippen MR) is 46.5 cm³/mol. The van der Waals surface area contributed by atoms with Crippen LogP contribution in [0.3, 0.4) is 0 Å². The first kappa shape index (κ1) is 7.82. The molecule has 0 radical (unpaired) electrons. The van der Waals surface area contributed by atoms with Crippen molar-refractivity contribution in [2.24, 2.45) is 0 Å². The third-order valence-electron chi connectivity index (χ3n) is 1.10. The van der Waals surface area contributed by atoms with E-state index < -0.39 is 0 Å². The van der Waals surface area contributed by atoms with Crippen molar-refractivity contribution in [1.29, 1.82) is 0 Å². The van der Waals surface area contributed by atoms with Crippen LogP contribution in [0.1, 0.15) is 0 Å². The lowest BCUT2D eigenvalue weighted by atomic mass is 10.4. The molecule has 0 aromatic carbocycles. The molecule has 1 aromatic heterocycles. The standard InChI is InChI=1S/C6H6BrClN2/c1-9-6-4(7)2-10-3-5(6)8/h2-3H,1H3,(H,9,10). The summed E-state index contributed by atoms with van der Waals surface area (Å²) in [5.41, 5.74) is 0.872. The van der Waals surface area contributed by atoms with Gasteiger partial charge in [-0.25, -0.2) is 0 Å². The molecule has 1 N–H and O–H groups in total. The Bertz CT molecular complexity index is 219. The summed E-state index contributed by atoms with van der Waals surface area (Å²) in [5.74, 6) is 0. The molecule has 0 aliphatic carbocycles. The molecule has 1 rings (SSSR count). The first-order valence-corrected chi connectivity index (χ1v) is 3.89. The molecule has 1 aromatic rings. The molecule has 0 bridgehead atoms. The summed E-state index contributed by atoms with van der Waals surface area (Å²) < 4.78 is 0.877. The molecule has 0 aliphatic heterocycles. The fourth-order valence-electron chi connectivity index (χ4n) is 0.650. The van der Waals surface area contributed by atoms with E-state index in [1.807, 2.05) is 7.05 Å².